The number of nitrogens with one attached hydrogen (secondary N) is 1. The van der Waals surface area contributed by atoms with Crippen LogP contribution in [-0.4, -0.2) is 17.5 Å². The number of ether oxygens (including phenoxy) is 1. The Hall–Kier alpha value is -3.67. The second-order valence-electron chi connectivity index (χ2n) is 6.83. The van der Waals surface area contributed by atoms with Crippen LogP contribution >= 0.6 is 0 Å². The minimum absolute atomic E-state index is 0.202. The first-order valence-electron chi connectivity index (χ1n) is 9.14. The van der Waals surface area contributed by atoms with Crippen LogP contribution in [0.1, 0.15) is 11.1 Å². The smallest absolute Gasteiger partial charge is 0.262 e. The normalized spacial score (nSPS) is 10.9. The Bertz CT molecular complexity index is 1180. The molecule has 29 heavy (non-hydrogen) atoms. The Morgan fingerprint density at radius 2 is 1.76 bits per heavy atom. The molecule has 0 aliphatic heterocycles. The average molecular weight is 390 g/mol. The van der Waals surface area contributed by atoms with Gasteiger partial charge in [0.25, 0.3) is 5.91 Å². The lowest BCUT2D eigenvalue weighted by Crippen LogP contribution is -2.20. The molecule has 1 aromatic heterocycles. The second kappa shape index (κ2) is 7.75. The lowest BCUT2D eigenvalue weighted by molar-refractivity contribution is -0.118. The topological polar surface area (TPSA) is 64.4 Å². The van der Waals surface area contributed by atoms with E-state index in [-0.39, 0.29) is 18.3 Å². The van der Waals surface area contributed by atoms with Crippen molar-refractivity contribution in [2.75, 3.05) is 11.9 Å². The van der Waals surface area contributed by atoms with Gasteiger partial charge in [-0.15, -0.1) is 0 Å². The Kier molecular flexibility index (Phi) is 4.99. The average Bonchev–Trinajstić information content (AvgIpc) is 3.12. The van der Waals surface area contributed by atoms with Gasteiger partial charge in [0.05, 0.1) is 5.56 Å². The van der Waals surface area contributed by atoms with Gasteiger partial charge in [0.15, 0.2) is 12.2 Å². The van der Waals surface area contributed by atoms with Gasteiger partial charge in [-0.2, -0.15) is 0 Å². The van der Waals surface area contributed by atoms with Crippen LogP contribution in [0.25, 0.3) is 22.6 Å². The third-order valence-electron chi connectivity index (χ3n) is 4.40. The third kappa shape index (κ3) is 4.27. The molecule has 146 valence electrons. The van der Waals surface area contributed by atoms with Crippen LogP contribution in [-0.2, 0) is 4.79 Å². The van der Waals surface area contributed by atoms with Gasteiger partial charge < -0.3 is 14.5 Å². The third-order valence-corrected chi connectivity index (χ3v) is 4.40. The number of nitrogens with zero attached hydrogens (tertiary/aromatic N) is 1. The van der Waals surface area contributed by atoms with Crippen molar-refractivity contribution in [2.45, 2.75) is 13.8 Å². The number of benzene rings is 3. The molecule has 0 aliphatic rings. The van der Waals surface area contributed by atoms with E-state index >= 15 is 0 Å². The predicted molar refractivity (Wildman–Crippen MR) is 109 cm³/mol. The highest BCUT2D eigenvalue weighted by Gasteiger charge is 2.15. The Morgan fingerprint density at radius 1 is 1.03 bits per heavy atom. The van der Waals surface area contributed by atoms with Crippen LogP contribution in [0.3, 0.4) is 0 Å². The maximum atomic E-state index is 13.0. The first-order valence-corrected chi connectivity index (χ1v) is 9.14. The molecule has 0 saturated heterocycles. The highest BCUT2D eigenvalue weighted by atomic mass is 19.1. The molecular weight excluding hydrogens is 371 g/mol. The number of carbonyl (C=O) groups is 1. The van der Waals surface area contributed by atoms with Crippen molar-refractivity contribution < 1.29 is 18.3 Å². The van der Waals surface area contributed by atoms with Crippen molar-refractivity contribution in [2.24, 2.45) is 0 Å². The van der Waals surface area contributed by atoms with Crippen LogP contribution in [0.5, 0.6) is 5.75 Å². The molecule has 1 amide bonds. The summed E-state index contributed by atoms with van der Waals surface area (Å²) in [6.07, 6.45) is 0. The van der Waals surface area contributed by atoms with Gasteiger partial charge in [0.2, 0.25) is 5.89 Å². The van der Waals surface area contributed by atoms with Gasteiger partial charge in [0.1, 0.15) is 17.1 Å². The summed E-state index contributed by atoms with van der Waals surface area (Å²) in [6.45, 7) is 3.75. The van der Waals surface area contributed by atoms with Crippen molar-refractivity contribution >= 4 is 22.7 Å². The first kappa shape index (κ1) is 18.7. The number of hydrogen-bond acceptors (Lipinski definition) is 4. The van der Waals surface area contributed by atoms with Crippen LogP contribution < -0.4 is 10.1 Å². The predicted octanol–water partition coefficient (Wildman–Crippen LogP) is 5.27. The molecule has 0 unspecified atom stereocenters. The standard InChI is InChI=1S/C23H19FN2O3/c1-14-4-10-20(28-13-22(27)25-17-7-5-16(24)6-8-17)18(11-14)23-26-19-9-3-15(2)12-21(19)29-23/h3-12H,13H2,1-2H3,(H,25,27). The molecule has 0 aliphatic carbocycles. The quantitative estimate of drug-likeness (QED) is 0.504. The van der Waals surface area contributed by atoms with Gasteiger partial charge in [-0.1, -0.05) is 17.7 Å². The Balaban J connectivity index is 1.54. The van der Waals surface area contributed by atoms with Gasteiger partial charge >= 0.3 is 0 Å². The molecule has 6 heteroatoms. The molecule has 5 nitrogen and oxygen atoms in total. The number of amides is 1. The van der Waals surface area contributed by atoms with E-state index in [1.165, 1.54) is 24.3 Å². The van der Waals surface area contributed by atoms with E-state index in [2.05, 4.69) is 10.3 Å². The monoisotopic (exact) mass is 390 g/mol. The SMILES string of the molecule is Cc1ccc(OCC(=O)Nc2ccc(F)cc2)c(-c2nc3ccc(C)cc3o2)c1. The second-order valence-corrected chi connectivity index (χ2v) is 6.83. The van der Waals surface area contributed by atoms with Crippen molar-refractivity contribution in [1.29, 1.82) is 0 Å². The molecule has 0 radical (unpaired) electrons. The number of halogens is 1. The summed E-state index contributed by atoms with van der Waals surface area (Å²) in [7, 11) is 0. The van der Waals surface area contributed by atoms with Crippen molar-refractivity contribution in [3.8, 4) is 17.2 Å². The number of aryl methyl sites for hydroxylation is 2. The minimum Gasteiger partial charge on any atom is -0.483 e. The zero-order valence-corrected chi connectivity index (χ0v) is 16.0. The van der Waals surface area contributed by atoms with Crippen LogP contribution in [0.2, 0.25) is 0 Å². The van der Waals surface area contributed by atoms with Crippen LogP contribution in [0, 0.1) is 19.7 Å². The molecule has 0 saturated carbocycles. The summed E-state index contributed by atoms with van der Waals surface area (Å²) in [6, 6.07) is 16.9. The number of fused-ring (bicyclic) bond motifs is 1. The van der Waals surface area contributed by atoms with E-state index in [4.69, 9.17) is 9.15 Å². The van der Waals surface area contributed by atoms with Gasteiger partial charge in [-0.05, 0) is 67.9 Å². The summed E-state index contributed by atoms with van der Waals surface area (Å²) in [4.78, 5) is 16.7. The molecule has 3 aromatic carbocycles. The van der Waals surface area contributed by atoms with E-state index in [9.17, 15) is 9.18 Å². The van der Waals surface area contributed by atoms with Crippen molar-refractivity contribution in [3.05, 3.63) is 77.6 Å². The summed E-state index contributed by atoms with van der Waals surface area (Å²) < 4.78 is 24.6. The minimum atomic E-state index is -0.364. The molecule has 0 atom stereocenters. The zero-order chi connectivity index (χ0) is 20.4. The fourth-order valence-electron chi connectivity index (χ4n) is 2.96. The molecule has 4 aromatic rings. The van der Waals surface area contributed by atoms with E-state index in [0.29, 0.717) is 28.5 Å². The van der Waals surface area contributed by atoms with E-state index in [1.54, 1.807) is 6.07 Å². The molecule has 0 bridgehead atoms. The van der Waals surface area contributed by atoms with Crippen molar-refractivity contribution in [1.82, 2.24) is 4.98 Å². The first-order chi connectivity index (χ1) is 14.0. The molecule has 0 spiro atoms. The highest BCUT2D eigenvalue weighted by Crippen LogP contribution is 2.33. The number of carbonyl (C=O) groups excluding carboxylic acids is 1. The lowest BCUT2D eigenvalue weighted by Gasteiger charge is -2.11. The zero-order valence-electron chi connectivity index (χ0n) is 16.0. The molecular formula is C23H19FN2O3. The fourth-order valence-corrected chi connectivity index (χ4v) is 2.96. The van der Waals surface area contributed by atoms with Crippen molar-refractivity contribution in [3.63, 3.8) is 0 Å². The van der Waals surface area contributed by atoms with E-state index < -0.39 is 0 Å². The van der Waals surface area contributed by atoms with E-state index in [0.717, 1.165) is 16.6 Å². The summed E-state index contributed by atoms with van der Waals surface area (Å²) in [5, 5.41) is 2.67. The van der Waals surface area contributed by atoms with Crippen LogP contribution in [0.4, 0.5) is 10.1 Å². The molecule has 4 rings (SSSR count). The lowest BCUT2D eigenvalue weighted by atomic mass is 10.1. The van der Waals surface area contributed by atoms with Gasteiger partial charge in [-0.25, -0.2) is 9.37 Å². The molecule has 1 heterocycles. The van der Waals surface area contributed by atoms with Gasteiger partial charge in [-0.3, -0.25) is 4.79 Å². The van der Waals surface area contributed by atoms with E-state index in [1.807, 2.05) is 44.2 Å². The Morgan fingerprint density at radius 3 is 2.55 bits per heavy atom. The number of hydrogen-bond donors (Lipinski definition) is 1. The summed E-state index contributed by atoms with van der Waals surface area (Å²) in [5.74, 6) is 0.213. The van der Waals surface area contributed by atoms with Crippen LogP contribution in [0.15, 0.2) is 65.1 Å². The number of anilines is 1. The maximum Gasteiger partial charge on any atom is 0.262 e. The molecule has 1 N–H and O–H groups in total. The van der Waals surface area contributed by atoms with Gasteiger partial charge in [0, 0.05) is 5.69 Å². The summed E-state index contributed by atoms with van der Waals surface area (Å²) in [5.41, 5.74) is 4.72. The number of aromatic nitrogens is 1. The summed E-state index contributed by atoms with van der Waals surface area (Å²) >= 11 is 0. The highest BCUT2D eigenvalue weighted by molar-refractivity contribution is 5.92. The largest absolute Gasteiger partial charge is 0.483 e. The Labute approximate surface area is 167 Å². The fraction of sp³-hybridized carbons (Fsp3) is 0.130. The number of rotatable bonds is 5. The number of oxazole rings is 1. The molecule has 0 fully saturated rings. The maximum absolute atomic E-state index is 13.0.